The van der Waals surface area contributed by atoms with Gasteiger partial charge in [-0.2, -0.15) is 0 Å². The second-order valence-corrected chi connectivity index (χ2v) is 4.68. The normalized spacial score (nSPS) is 22.0. The number of benzene rings is 1. The van der Waals surface area contributed by atoms with Gasteiger partial charge < -0.3 is 16.0 Å². The molecule has 0 saturated heterocycles. The Bertz CT molecular complexity index is 703. The Balaban J connectivity index is 2.32. The van der Waals surface area contributed by atoms with Crippen LogP contribution in [0.3, 0.4) is 0 Å². The van der Waals surface area contributed by atoms with E-state index in [2.05, 4.69) is 15.3 Å². The van der Waals surface area contributed by atoms with Crippen molar-refractivity contribution in [3.63, 3.8) is 0 Å². The van der Waals surface area contributed by atoms with Crippen molar-refractivity contribution in [3.8, 4) is 0 Å². The highest BCUT2D eigenvalue weighted by molar-refractivity contribution is 6.20. The van der Waals surface area contributed by atoms with Crippen molar-refractivity contribution in [1.82, 2.24) is 9.97 Å². The van der Waals surface area contributed by atoms with Crippen LogP contribution < -0.4 is 11.1 Å². The van der Waals surface area contributed by atoms with Crippen LogP contribution in [0.25, 0.3) is 11.0 Å². The van der Waals surface area contributed by atoms with E-state index in [1.807, 2.05) is 6.92 Å². The Hall–Kier alpha value is -2.37. The smallest absolute Gasteiger partial charge is 0.244 e. The van der Waals surface area contributed by atoms with Crippen molar-refractivity contribution in [2.24, 2.45) is 5.73 Å². The predicted molar refractivity (Wildman–Crippen MR) is 66.0 cm³/mol. The van der Waals surface area contributed by atoms with Crippen molar-refractivity contribution in [1.29, 1.82) is 0 Å². The number of nitrogens with one attached hydrogen (secondary N) is 2. The van der Waals surface area contributed by atoms with Crippen LogP contribution in [0, 0.1) is 6.92 Å². The number of carbonyl (C=O) groups is 2. The third-order valence-electron chi connectivity index (χ3n) is 3.47. The summed E-state index contributed by atoms with van der Waals surface area (Å²) in [5.74, 6) is -0.277. The number of hydrogen-bond acceptors (Lipinski definition) is 3. The number of amides is 2. The van der Waals surface area contributed by atoms with E-state index in [4.69, 9.17) is 5.73 Å². The van der Waals surface area contributed by atoms with E-state index in [9.17, 15) is 9.59 Å². The molecule has 18 heavy (non-hydrogen) atoms. The highest BCUT2D eigenvalue weighted by Crippen LogP contribution is 2.39. The average molecular weight is 244 g/mol. The van der Waals surface area contributed by atoms with Crippen LogP contribution in [0.2, 0.25) is 0 Å². The molecule has 2 heterocycles. The fraction of sp³-hybridized carbons (Fsp3) is 0.250. The standard InChI is InChI=1S/C12H12N4O2/c1-5-14-8-3-6-7(4-9(8)15-5)16-11(18)12(6,2)10(13)17/h3-4H,1-2H3,(H2,13,17)(H,14,15)(H,16,18). The van der Waals surface area contributed by atoms with Gasteiger partial charge in [0.2, 0.25) is 11.8 Å². The van der Waals surface area contributed by atoms with Gasteiger partial charge in [-0.15, -0.1) is 0 Å². The molecule has 0 saturated carbocycles. The topological polar surface area (TPSA) is 101 Å². The molecule has 4 N–H and O–H groups in total. The Kier molecular flexibility index (Phi) is 1.85. The first-order valence-electron chi connectivity index (χ1n) is 5.55. The van der Waals surface area contributed by atoms with Crippen molar-refractivity contribution >= 4 is 28.5 Å². The third-order valence-corrected chi connectivity index (χ3v) is 3.47. The first-order chi connectivity index (χ1) is 8.42. The Labute approximate surface area is 103 Å². The van der Waals surface area contributed by atoms with Gasteiger partial charge in [0.1, 0.15) is 5.82 Å². The minimum Gasteiger partial charge on any atom is -0.368 e. The number of carbonyl (C=O) groups excluding carboxylic acids is 2. The molecule has 0 bridgehead atoms. The summed E-state index contributed by atoms with van der Waals surface area (Å²) in [7, 11) is 0. The molecule has 0 aliphatic carbocycles. The first kappa shape index (κ1) is 10.8. The van der Waals surface area contributed by atoms with Gasteiger partial charge in [0.05, 0.1) is 11.0 Å². The van der Waals surface area contributed by atoms with Gasteiger partial charge in [0.15, 0.2) is 5.41 Å². The largest absolute Gasteiger partial charge is 0.368 e. The lowest BCUT2D eigenvalue weighted by atomic mass is 9.83. The summed E-state index contributed by atoms with van der Waals surface area (Å²) in [6.45, 7) is 3.37. The van der Waals surface area contributed by atoms with E-state index < -0.39 is 17.2 Å². The number of anilines is 1. The summed E-state index contributed by atoms with van der Waals surface area (Å²) in [4.78, 5) is 30.9. The molecule has 1 atom stereocenters. The summed E-state index contributed by atoms with van der Waals surface area (Å²) in [5.41, 5.74) is 6.76. The quantitative estimate of drug-likeness (QED) is 0.639. The highest BCUT2D eigenvalue weighted by atomic mass is 16.2. The molecule has 1 aromatic carbocycles. The van der Waals surface area contributed by atoms with Crippen molar-refractivity contribution in [2.45, 2.75) is 19.3 Å². The molecule has 3 rings (SSSR count). The van der Waals surface area contributed by atoms with Crippen LogP contribution in [-0.2, 0) is 15.0 Å². The zero-order chi connectivity index (χ0) is 13.1. The summed E-state index contributed by atoms with van der Waals surface area (Å²) in [6.07, 6.45) is 0. The Morgan fingerprint density at radius 1 is 1.44 bits per heavy atom. The molecule has 2 amide bonds. The van der Waals surface area contributed by atoms with Crippen LogP contribution in [0.5, 0.6) is 0 Å². The average Bonchev–Trinajstić information content (AvgIpc) is 2.75. The molecule has 0 radical (unpaired) electrons. The molecule has 1 aliphatic rings. The number of hydrogen-bond donors (Lipinski definition) is 3. The molecule has 1 aliphatic heterocycles. The highest BCUT2D eigenvalue weighted by Gasteiger charge is 2.48. The molecule has 1 unspecified atom stereocenters. The summed E-state index contributed by atoms with van der Waals surface area (Å²) in [6, 6.07) is 3.51. The number of H-pyrrole nitrogens is 1. The lowest BCUT2D eigenvalue weighted by molar-refractivity contribution is -0.131. The number of nitrogens with two attached hydrogens (primary N) is 1. The summed E-state index contributed by atoms with van der Waals surface area (Å²) >= 11 is 0. The number of nitrogens with zero attached hydrogens (tertiary/aromatic N) is 1. The van der Waals surface area contributed by atoms with E-state index in [1.54, 1.807) is 12.1 Å². The molecular weight excluding hydrogens is 232 g/mol. The lowest BCUT2D eigenvalue weighted by Crippen LogP contribution is -2.44. The predicted octanol–water partition coefficient (Wildman–Crippen LogP) is 0.566. The lowest BCUT2D eigenvalue weighted by Gasteiger charge is -2.17. The Morgan fingerprint density at radius 2 is 2.17 bits per heavy atom. The number of aryl methyl sites for hydroxylation is 1. The molecular formula is C12H12N4O2. The first-order valence-corrected chi connectivity index (χ1v) is 5.55. The Morgan fingerprint density at radius 3 is 2.83 bits per heavy atom. The zero-order valence-electron chi connectivity index (χ0n) is 10.00. The number of fused-ring (bicyclic) bond motifs is 2. The second-order valence-electron chi connectivity index (χ2n) is 4.68. The van der Waals surface area contributed by atoms with Crippen LogP contribution >= 0.6 is 0 Å². The van der Waals surface area contributed by atoms with Gasteiger partial charge in [0.25, 0.3) is 0 Å². The monoisotopic (exact) mass is 244 g/mol. The molecule has 2 aromatic rings. The van der Waals surface area contributed by atoms with Crippen molar-refractivity contribution in [2.75, 3.05) is 5.32 Å². The number of primary amides is 1. The third kappa shape index (κ3) is 1.14. The molecule has 6 heteroatoms. The molecule has 0 fully saturated rings. The molecule has 1 aromatic heterocycles. The maximum absolute atomic E-state index is 11.9. The van der Waals surface area contributed by atoms with E-state index in [1.165, 1.54) is 6.92 Å². The minimum atomic E-state index is -1.32. The van der Waals surface area contributed by atoms with Gasteiger partial charge in [-0.25, -0.2) is 4.98 Å². The van der Waals surface area contributed by atoms with Gasteiger partial charge in [-0.1, -0.05) is 0 Å². The molecule has 6 nitrogen and oxygen atoms in total. The fourth-order valence-electron chi connectivity index (χ4n) is 2.32. The fourth-order valence-corrected chi connectivity index (χ4v) is 2.32. The molecule has 0 spiro atoms. The maximum Gasteiger partial charge on any atom is 0.244 e. The van der Waals surface area contributed by atoms with Crippen LogP contribution in [-0.4, -0.2) is 21.8 Å². The van der Waals surface area contributed by atoms with Crippen molar-refractivity contribution < 1.29 is 9.59 Å². The van der Waals surface area contributed by atoms with Gasteiger partial charge >= 0.3 is 0 Å². The maximum atomic E-state index is 11.9. The summed E-state index contributed by atoms with van der Waals surface area (Å²) < 4.78 is 0. The van der Waals surface area contributed by atoms with Crippen molar-refractivity contribution in [3.05, 3.63) is 23.5 Å². The second kappa shape index (κ2) is 3.10. The number of aromatic amines is 1. The van der Waals surface area contributed by atoms with Crippen LogP contribution in [0.15, 0.2) is 12.1 Å². The van der Waals surface area contributed by atoms with Crippen LogP contribution in [0.4, 0.5) is 5.69 Å². The summed E-state index contributed by atoms with van der Waals surface area (Å²) in [5, 5.41) is 2.68. The SMILES string of the molecule is Cc1nc2cc3c(cc2[nH]1)NC(=O)C3(C)C(N)=O. The van der Waals surface area contributed by atoms with Gasteiger partial charge in [-0.3, -0.25) is 9.59 Å². The van der Waals surface area contributed by atoms with E-state index in [-0.39, 0.29) is 0 Å². The number of aromatic nitrogens is 2. The van der Waals surface area contributed by atoms with Gasteiger partial charge in [0, 0.05) is 11.3 Å². The minimum absolute atomic E-state index is 0.394. The van der Waals surface area contributed by atoms with E-state index >= 15 is 0 Å². The van der Waals surface area contributed by atoms with E-state index in [0.717, 1.165) is 16.9 Å². The number of rotatable bonds is 1. The molecule has 92 valence electrons. The van der Waals surface area contributed by atoms with E-state index in [0.29, 0.717) is 11.3 Å². The zero-order valence-corrected chi connectivity index (χ0v) is 10.00. The van der Waals surface area contributed by atoms with Crippen LogP contribution in [0.1, 0.15) is 18.3 Å². The number of imidazole rings is 1. The van der Waals surface area contributed by atoms with Gasteiger partial charge in [-0.05, 0) is 26.0 Å².